The lowest BCUT2D eigenvalue weighted by Gasteiger charge is -2.23. The van der Waals surface area contributed by atoms with Gasteiger partial charge in [0.2, 0.25) is 0 Å². The lowest BCUT2D eigenvalue weighted by Crippen LogP contribution is -2.30. The Balaban J connectivity index is 1.77. The van der Waals surface area contributed by atoms with Gasteiger partial charge in [-0.2, -0.15) is 23.5 Å². The second-order valence-corrected chi connectivity index (χ2v) is 6.54. The topological polar surface area (TPSA) is 24.9 Å². The summed E-state index contributed by atoms with van der Waals surface area (Å²) >= 11 is 4.18. The second kappa shape index (κ2) is 6.52. The molecule has 2 unspecified atom stereocenters. The molecule has 2 atom stereocenters. The molecule has 0 spiro atoms. The van der Waals surface area contributed by atoms with Crippen molar-refractivity contribution in [2.75, 3.05) is 23.8 Å². The number of thioether (sulfide) groups is 2. The van der Waals surface area contributed by atoms with Gasteiger partial charge in [0.25, 0.3) is 0 Å². The van der Waals surface area contributed by atoms with E-state index in [4.69, 9.17) is 0 Å². The van der Waals surface area contributed by atoms with Crippen molar-refractivity contribution in [1.29, 1.82) is 0 Å². The first-order valence-electron chi connectivity index (χ1n) is 5.69. The van der Waals surface area contributed by atoms with Gasteiger partial charge >= 0.3 is 0 Å². The molecule has 0 amide bonds. The third-order valence-corrected chi connectivity index (χ3v) is 5.57. The molecule has 2 rings (SSSR count). The summed E-state index contributed by atoms with van der Waals surface area (Å²) in [4.78, 5) is 4.15. The van der Waals surface area contributed by atoms with Crippen LogP contribution in [0.2, 0.25) is 0 Å². The standard InChI is InChI=1S/C12H18N2S2/c1-10(11-3-2-4-13-7-11)14-8-12-9-15-5-6-16-12/h2-4,7,10,12,14H,5-6,8-9H2,1H3. The van der Waals surface area contributed by atoms with Crippen LogP contribution < -0.4 is 5.32 Å². The fraction of sp³-hybridized carbons (Fsp3) is 0.583. The van der Waals surface area contributed by atoms with Crippen LogP contribution in [0.3, 0.4) is 0 Å². The van der Waals surface area contributed by atoms with Crippen molar-refractivity contribution in [3.05, 3.63) is 30.1 Å². The molecule has 1 N–H and O–H groups in total. The van der Waals surface area contributed by atoms with Gasteiger partial charge in [-0.25, -0.2) is 0 Å². The van der Waals surface area contributed by atoms with Crippen LogP contribution in [0, 0.1) is 0 Å². The van der Waals surface area contributed by atoms with E-state index in [2.05, 4.69) is 46.8 Å². The highest BCUT2D eigenvalue weighted by molar-refractivity contribution is 8.06. The third kappa shape index (κ3) is 3.68. The van der Waals surface area contributed by atoms with E-state index < -0.39 is 0 Å². The zero-order chi connectivity index (χ0) is 11.2. The van der Waals surface area contributed by atoms with Crippen LogP contribution in [-0.2, 0) is 0 Å². The van der Waals surface area contributed by atoms with Gasteiger partial charge in [-0.05, 0) is 18.6 Å². The lowest BCUT2D eigenvalue weighted by atomic mass is 10.1. The molecular weight excluding hydrogens is 236 g/mol. The van der Waals surface area contributed by atoms with Crippen molar-refractivity contribution < 1.29 is 0 Å². The summed E-state index contributed by atoms with van der Waals surface area (Å²) in [7, 11) is 0. The Labute approximate surface area is 106 Å². The number of hydrogen-bond donors (Lipinski definition) is 1. The lowest BCUT2D eigenvalue weighted by molar-refractivity contribution is 0.575. The highest BCUT2D eigenvalue weighted by Crippen LogP contribution is 2.24. The normalized spacial score (nSPS) is 22.9. The van der Waals surface area contributed by atoms with Crippen LogP contribution in [0.5, 0.6) is 0 Å². The van der Waals surface area contributed by atoms with Crippen molar-refractivity contribution in [3.63, 3.8) is 0 Å². The summed E-state index contributed by atoms with van der Waals surface area (Å²) in [6.07, 6.45) is 3.77. The Morgan fingerprint density at radius 1 is 1.56 bits per heavy atom. The zero-order valence-electron chi connectivity index (χ0n) is 9.56. The van der Waals surface area contributed by atoms with Gasteiger partial charge in [-0.1, -0.05) is 6.07 Å². The minimum absolute atomic E-state index is 0.404. The first-order valence-corrected chi connectivity index (χ1v) is 7.89. The summed E-state index contributed by atoms with van der Waals surface area (Å²) in [6, 6.07) is 4.54. The molecule has 0 saturated carbocycles. The van der Waals surface area contributed by atoms with Crippen molar-refractivity contribution in [2.24, 2.45) is 0 Å². The highest BCUT2D eigenvalue weighted by atomic mass is 32.2. The number of hydrogen-bond acceptors (Lipinski definition) is 4. The summed E-state index contributed by atoms with van der Waals surface area (Å²) in [5.41, 5.74) is 1.27. The van der Waals surface area contributed by atoms with E-state index in [0.717, 1.165) is 11.8 Å². The number of nitrogens with one attached hydrogen (secondary N) is 1. The molecule has 2 nitrogen and oxygen atoms in total. The van der Waals surface area contributed by atoms with E-state index in [1.807, 2.05) is 18.5 Å². The Hall–Kier alpha value is -0.190. The third-order valence-electron chi connectivity index (χ3n) is 2.72. The van der Waals surface area contributed by atoms with Crippen LogP contribution in [0.4, 0.5) is 0 Å². The van der Waals surface area contributed by atoms with Crippen molar-refractivity contribution in [2.45, 2.75) is 18.2 Å². The minimum atomic E-state index is 0.404. The average Bonchev–Trinajstić information content (AvgIpc) is 2.38. The van der Waals surface area contributed by atoms with Gasteiger partial charge < -0.3 is 5.32 Å². The fourth-order valence-electron chi connectivity index (χ4n) is 1.71. The first kappa shape index (κ1) is 12.3. The van der Waals surface area contributed by atoms with Gasteiger partial charge in [0, 0.05) is 47.5 Å². The van der Waals surface area contributed by atoms with Crippen LogP contribution in [0.1, 0.15) is 18.5 Å². The van der Waals surface area contributed by atoms with Gasteiger partial charge in [0.1, 0.15) is 0 Å². The molecule has 16 heavy (non-hydrogen) atoms. The van der Waals surface area contributed by atoms with Gasteiger partial charge in [-0.15, -0.1) is 0 Å². The van der Waals surface area contributed by atoms with Crippen molar-refractivity contribution in [1.82, 2.24) is 10.3 Å². The molecular formula is C12H18N2S2. The molecule has 0 bridgehead atoms. The molecule has 1 saturated heterocycles. The number of nitrogens with zero attached hydrogens (tertiary/aromatic N) is 1. The highest BCUT2D eigenvalue weighted by Gasteiger charge is 2.15. The van der Waals surface area contributed by atoms with Crippen molar-refractivity contribution in [3.8, 4) is 0 Å². The number of rotatable bonds is 4. The fourth-order valence-corrected chi connectivity index (χ4v) is 4.34. The molecule has 1 aliphatic heterocycles. The van der Waals surface area contributed by atoms with Crippen molar-refractivity contribution >= 4 is 23.5 Å². The molecule has 2 heterocycles. The Morgan fingerprint density at radius 2 is 2.50 bits per heavy atom. The maximum Gasteiger partial charge on any atom is 0.0315 e. The van der Waals surface area contributed by atoms with E-state index in [0.29, 0.717) is 6.04 Å². The number of aromatic nitrogens is 1. The Kier molecular flexibility index (Phi) is 5.00. The molecule has 88 valence electrons. The molecule has 1 aliphatic rings. The average molecular weight is 254 g/mol. The molecule has 0 radical (unpaired) electrons. The van der Waals surface area contributed by atoms with Crippen LogP contribution >= 0.6 is 23.5 Å². The van der Waals surface area contributed by atoms with E-state index >= 15 is 0 Å². The molecule has 1 fully saturated rings. The van der Waals surface area contributed by atoms with E-state index in [1.165, 1.54) is 22.8 Å². The van der Waals surface area contributed by atoms with E-state index in [1.54, 1.807) is 0 Å². The van der Waals surface area contributed by atoms with Crippen LogP contribution in [0.25, 0.3) is 0 Å². The van der Waals surface area contributed by atoms with Gasteiger partial charge in [-0.3, -0.25) is 4.98 Å². The van der Waals surface area contributed by atoms with Gasteiger partial charge in [0.05, 0.1) is 0 Å². The molecule has 1 aromatic rings. The monoisotopic (exact) mass is 254 g/mol. The van der Waals surface area contributed by atoms with Crippen LogP contribution in [-0.4, -0.2) is 34.0 Å². The van der Waals surface area contributed by atoms with E-state index in [9.17, 15) is 0 Å². The maximum atomic E-state index is 4.15. The summed E-state index contributed by atoms with van der Waals surface area (Å²) in [5.74, 6) is 3.91. The predicted molar refractivity (Wildman–Crippen MR) is 74.2 cm³/mol. The second-order valence-electron chi connectivity index (χ2n) is 3.98. The minimum Gasteiger partial charge on any atom is -0.309 e. The predicted octanol–water partition coefficient (Wildman–Crippen LogP) is 2.58. The van der Waals surface area contributed by atoms with Gasteiger partial charge in [0.15, 0.2) is 0 Å². The summed E-state index contributed by atoms with van der Waals surface area (Å²) in [5, 5.41) is 4.37. The first-order chi connectivity index (χ1) is 7.86. The van der Waals surface area contributed by atoms with Crippen LogP contribution in [0.15, 0.2) is 24.5 Å². The summed E-state index contributed by atoms with van der Waals surface area (Å²) in [6.45, 7) is 3.31. The molecule has 0 aromatic carbocycles. The Morgan fingerprint density at radius 3 is 3.19 bits per heavy atom. The maximum absolute atomic E-state index is 4.15. The van der Waals surface area contributed by atoms with E-state index in [-0.39, 0.29) is 0 Å². The zero-order valence-corrected chi connectivity index (χ0v) is 11.2. The smallest absolute Gasteiger partial charge is 0.0315 e. The molecule has 1 aromatic heterocycles. The molecule has 0 aliphatic carbocycles. The summed E-state index contributed by atoms with van der Waals surface area (Å²) < 4.78 is 0. The molecule has 4 heteroatoms. The number of pyridine rings is 1. The quantitative estimate of drug-likeness (QED) is 0.893. The Bertz CT molecular complexity index is 299. The largest absolute Gasteiger partial charge is 0.309 e. The SMILES string of the molecule is CC(NCC1CSCCS1)c1cccnc1.